The van der Waals surface area contributed by atoms with Crippen molar-refractivity contribution in [1.82, 2.24) is 10.2 Å². The van der Waals surface area contributed by atoms with Crippen molar-refractivity contribution in [1.29, 1.82) is 0 Å². The van der Waals surface area contributed by atoms with Gasteiger partial charge in [0.1, 0.15) is 6.04 Å². The van der Waals surface area contributed by atoms with Crippen LogP contribution in [0.4, 0.5) is 0 Å². The monoisotopic (exact) mass is 285 g/mol. The Morgan fingerprint density at radius 2 is 2.15 bits per heavy atom. The van der Waals surface area contributed by atoms with Gasteiger partial charge in [-0.3, -0.25) is 9.59 Å². The highest BCUT2D eigenvalue weighted by atomic mass is 16.5. The maximum atomic E-state index is 12.7. The summed E-state index contributed by atoms with van der Waals surface area (Å²) in [5, 5.41) is 2.83. The predicted molar refractivity (Wildman–Crippen MR) is 77.1 cm³/mol. The summed E-state index contributed by atoms with van der Waals surface area (Å²) in [7, 11) is 0. The lowest BCUT2D eigenvalue weighted by atomic mass is 9.85. The van der Waals surface area contributed by atoms with Crippen LogP contribution in [0, 0.1) is 5.41 Å². The van der Waals surface area contributed by atoms with E-state index in [0.29, 0.717) is 26.1 Å². The molecule has 1 fully saturated rings. The minimum atomic E-state index is -0.610. The standard InChI is InChI=1S/C14H27N3O3/c1-4-6-16-12(18)11-9-20-8-7-17(11)13(19)14(3,5-2)10-15/h11H,4-10,15H2,1-3H3,(H,16,18). The Labute approximate surface area is 121 Å². The minimum Gasteiger partial charge on any atom is -0.377 e. The summed E-state index contributed by atoms with van der Waals surface area (Å²) in [4.78, 5) is 26.5. The molecule has 20 heavy (non-hydrogen) atoms. The summed E-state index contributed by atoms with van der Waals surface area (Å²) in [6, 6.07) is -0.541. The first-order valence-electron chi connectivity index (χ1n) is 7.36. The molecular weight excluding hydrogens is 258 g/mol. The summed E-state index contributed by atoms with van der Waals surface area (Å²) >= 11 is 0. The largest absolute Gasteiger partial charge is 0.377 e. The van der Waals surface area contributed by atoms with Gasteiger partial charge in [-0.1, -0.05) is 13.8 Å². The van der Waals surface area contributed by atoms with Crippen molar-refractivity contribution in [2.75, 3.05) is 32.8 Å². The number of nitrogens with one attached hydrogen (secondary N) is 1. The molecule has 0 aromatic rings. The number of rotatable bonds is 6. The van der Waals surface area contributed by atoms with Gasteiger partial charge in [-0.2, -0.15) is 0 Å². The maximum absolute atomic E-state index is 12.7. The Bertz CT molecular complexity index is 343. The smallest absolute Gasteiger partial charge is 0.245 e. The average molecular weight is 285 g/mol. The third kappa shape index (κ3) is 3.70. The molecule has 0 radical (unpaired) electrons. The topological polar surface area (TPSA) is 84.7 Å². The molecule has 0 aromatic heterocycles. The first-order valence-corrected chi connectivity index (χ1v) is 7.36. The number of amides is 2. The number of carbonyl (C=O) groups is 2. The van der Waals surface area contributed by atoms with Gasteiger partial charge < -0.3 is 20.7 Å². The second-order valence-electron chi connectivity index (χ2n) is 5.50. The van der Waals surface area contributed by atoms with Gasteiger partial charge in [0.15, 0.2) is 0 Å². The SMILES string of the molecule is CCCNC(=O)C1COCCN1C(=O)C(C)(CC)CN. The van der Waals surface area contributed by atoms with E-state index >= 15 is 0 Å². The van der Waals surface area contributed by atoms with Crippen LogP contribution < -0.4 is 11.1 Å². The molecule has 1 heterocycles. The fraction of sp³-hybridized carbons (Fsp3) is 0.857. The first-order chi connectivity index (χ1) is 9.50. The lowest BCUT2D eigenvalue weighted by Crippen LogP contribution is -2.59. The third-order valence-electron chi connectivity index (χ3n) is 3.99. The van der Waals surface area contributed by atoms with Gasteiger partial charge in [0.2, 0.25) is 11.8 Å². The molecular formula is C14H27N3O3. The van der Waals surface area contributed by atoms with E-state index in [9.17, 15) is 9.59 Å². The molecule has 2 amide bonds. The molecule has 1 rings (SSSR count). The van der Waals surface area contributed by atoms with Gasteiger partial charge in [0.05, 0.1) is 18.6 Å². The van der Waals surface area contributed by atoms with Gasteiger partial charge in [-0.25, -0.2) is 0 Å². The zero-order chi connectivity index (χ0) is 15.2. The van der Waals surface area contributed by atoms with Crippen LogP contribution in [0.5, 0.6) is 0 Å². The quantitative estimate of drug-likeness (QED) is 0.725. The van der Waals surface area contributed by atoms with E-state index in [1.54, 1.807) is 4.90 Å². The van der Waals surface area contributed by atoms with Gasteiger partial charge in [-0.05, 0) is 19.8 Å². The fourth-order valence-corrected chi connectivity index (χ4v) is 2.16. The summed E-state index contributed by atoms with van der Waals surface area (Å²) in [5.41, 5.74) is 5.14. The molecule has 1 saturated heterocycles. The Hall–Kier alpha value is -1.14. The molecule has 0 bridgehead atoms. The van der Waals surface area contributed by atoms with E-state index in [1.165, 1.54) is 0 Å². The molecule has 2 atom stereocenters. The van der Waals surface area contributed by atoms with Crippen molar-refractivity contribution in [3.63, 3.8) is 0 Å². The number of carbonyl (C=O) groups excluding carboxylic acids is 2. The van der Waals surface area contributed by atoms with Crippen LogP contribution in [0.1, 0.15) is 33.6 Å². The van der Waals surface area contributed by atoms with Gasteiger partial charge in [-0.15, -0.1) is 0 Å². The van der Waals surface area contributed by atoms with Crippen molar-refractivity contribution in [2.45, 2.75) is 39.7 Å². The normalized spacial score (nSPS) is 22.2. The Morgan fingerprint density at radius 3 is 2.70 bits per heavy atom. The minimum absolute atomic E-state index is 0.0533. The molecule has 0 saturated carbocycles. The Balaban J connectivity index is 2.83. The lowest BCUT2D eigenvalue weighted by molar-refractivity contribution is -0.155. The van der Waals surface area contributed by atoms with Crippen LogP contribution in [0.25, 0.3) is 0 Å². The highest BCUT2D eigenvalue weighted by Gasteiger charge is 2.40. The number of nitrogens with zero attached hydrogens (tertiary/aromatic N) is 1. The molecule has 3 N–H and O–H groups in total. The Kier molecular flexibility index (Phi) is 6.42. The van der Waals surface area contributed by atoms with E-state index in [-0.39, 0.29) is 25.0 Å². The number of morpholine rings is 1. The molecule has 1 aliphatic heterocycles. The van der Waals surface area contributed by atoms with Crippen molar-refractivity contribution in [3.8, 4) is 0 Å². The van der Waals surface area contributed by atoms with Crippen LogP contribution >= 0.6 is 0 Å². The van der Waals surface area contributed by atoms with Gasteiger partial charge in [0.25, 0.3) is 0 Å². The van der Waals surface area contributed by atoms with E-state index in [1.807, 2.05) is 20.8 Å². The number of hydrogen-bond donors (Lipinski definition) is 2. The number of hydrogen-bond acceptors (Lipinski definition) is 4. The number of ether oxygens (including phenoxy) is 1. The summed E-state index contributed by atoms with van der Waals surface area (Å²) < 4.78 is 5.36. The Morgan fingerprint density at radius 1 is 1.45 bits per heavy atom. The van der Waals surface area contributed by atoms with E-state index in [4.69, 9.17) is 10.5 Å². The van der Waals surface area contributed by atoms with Crippen molar-refractivity contribution >= 4 is 11.8 Å². The van der Waals surface area contributed by atoms with Gasteiger partial charge in [0, 0.05) is 19.6 Å². The van der Waals surface area contributed by atoms with Gasteiger partial charge >= 0.3 is 0 Å². The number of nitrogens with two attached hydrogens (primary N) is 1. The summed E-state index contributed by atoms with van der Waals surface area (Å²) in [6.07, 6.45) is 1.52. The van der Waals surface area contributed by atoms with E-state index in [2.05, 4.69) is 5.32 Å². The third-order valence-corrected chi connectivity index (χ3v) is 3.99. The average Bonchev–Trinajstić information content (AvgIpc) is 2.51. The van der Waals surface area contributed by atoms with Crippen LogP contribution in [0.3, 0.4) is 0 Å². The highest BCUT2D eigenvalue weighted by molar-refractivity contribution is 5.90. The molecule has 6 nitrogen and oxygen atoms in total. The first kappa shape index (κ1) is 16.9. The van der Waals surface area contributed by atoms with Crippen LogP contribution in [0.15, 0.2) is 0 Å². The predicted octanol–water partition coefficient (Wildman–Crippen LogP) is 0.115. The fourth-order valence-electron chi connectivity index (χ4n) is 2.16. The van der Waals surface area contributed by atoms with Crippen molar-refractivity contribution in [2.24, 2.45) is 11.1 Å². The molecule has 0 aromatic carbocycles. The molecule has 0 spiro atoms. The summed E-state index contributed by atoms with van der Waals surface area (Å²) in [6.45, 7) is 7.84. The molecule has 116 valence electrons. The van der Waals surface area contributed by atoms with Crippen LogP contribution in [-0.2, 0) is 14.3 Å². The van der Waals surface area contributed by atoms with E-state index < -0.39 is 11.5 Å². The van der Waals surface area contributed by atoms with Crippen LogP contribution in [0.2, 0.25) is 0 Å². The maximum Gasteiger partial charge on any atom is 0.245 e. The van der Waals surface area contributed by atoms with E-state index in [0.717, 1.165) is 6.42 Å². The second-order valence-corrected chi connectivity index (χ2v) is 5.50. The molecule has 2 unspecified atom stereocenters. The van der Waals surface area contributed by atoms with Crippen LogP contribution in [-0.4, -0.2) is 55.6 Å². The molecule has 6 heteroatoms. The van der Waals surface area contributed by atoms with Crippen molar-refractivity contribution < 1.29 is 14.3 Å². The summed E-state index contributed by atoms with van der Waals surface area (Å²) in [5.74, 6) is -0.196. The zero-order valence-electron chi connectivity index (χ0n) is 12.8. The molecule has 1 aliphatic rings. The lowest BCUT2D eigenvalue weighted by Gasteiger charge is -2.39. The second kappa shape index (κ2) is 7.59. The zero-order valence-corrected chi connectivity index (χ0v) is 12.8. The molecule has 0 aliphatic carbocycles. The van der Waals surface area contributed by atoms with Crippen molar-refractivity contribution in [3.05, 3.63) is 0 Å². The highest BCUT2D eigenvalue weighted by Crippen LogP contribution is 2.25.